The molecular weight excluding hydrogens is 993 g/mol. The monoisotopic (exact) mass is 1050 g/mol. The van der Waals surface area contributed by atoms with Crippen LogP contribution < -0.4 is 0 Å². The van der Waals surface area contributed by atoms with E-state index in [0.29, 0.717) is 5.82 Å². The Hall–Kier alpha value is -10.8. The van der Waals surface area contributed by atoms with Crippen LogP contribution in [0.1, 0.15) is 16.7 Å². The van der Waals surface area contributed by atoms with Gasteiger partial charge in [-0.2, -0.15) is 0 Å². The summed E-state index contributed by atoms with van der Waals surface area (Å²) in [7, 11) is 0. The van der Waals surface area contributed by atoms with E-state index in [-0.39, 0.29) is 0 Å². The lowest BCUT2D eigenvalue weighted by molar-refractivity contribution is 0.411. The van der Waals surface area contributed by atoms with Crippen molar-refractivity contribution in [3.63, 3.8) is 0 Å². The minimum atomic E-state index is -1.64. The first-order valence-electron chi connectivity index (χ1n) is 27.9. The van der Waals surface area contributed by atoms with E-state index < -0.39 is 5.79 Å². The molecule has 0 atom stereocenters. The third-order valence-electron chi connectivity index (χ3n) is 15.5. The maximum absolute atomic E-state index is 6.45. The summed E-state index contributed by atoms with van der Waals surface area (Å²) in [5, 5.41) is 0. The van der Waals surface area contributed by atoms with Gasteiger partial charge in [0.25, 0.3) is 5.79 Å². The van der Waals surface area contributed by atoms with Gasteiger partial charge in [-0.15, -0.1) is 0 Å². The molecule has 1 aliphatic heterocycles. The van der Waals surface area contributed by atoms with E-state index in [4.69, 9.17) is 15.0 Å². The van der Waals surface area contributed by atoms with Gasteiger partial charge in [0, 0.05) is 33.4 Å². The summed E-state index contributed by atoms with van der Waals surface area (Å²) >= 11 is 0. The molecule has 1 aliphatic rings. The Labute approximate surface area is 479 Å². The molecule has 12 aromatic carbocycles. The molecule has 0 unspecified atom stereocenters. The average molecular weight is 1050 g/mol. The highest BCUT2D eigenvalue weighted by atomic mass is 15.4. The smallest absolute Gasteiger partial charge is 0.262 e. The van der Waals surface area contributed by atoms with Gasteiger partial charge in [-0.25, -0.2) is 15.0 Å². The fraction of sp³-hybridized carbons (Fsp3) is 0.0128. The van der Waals surface area contributed by atoms with Gasteiger partial charge in [0.1, 0.15) is 5.82 Å². The highest BCUT2D eigenvalue weighted by Crippen LogP contribution is 2.54. The highest BCUT2D eigenvalue weighted by Gasteiger charge is 2.48. The molecule has 2 heterocycles. The molecule has 0 fully saturated rings. The van der Waals surface area contributed by atoms with Crippen LogP contribution in [0.15, 0.2) is 338 Å². The summed E-state index contributed by atoms with van der Waals surface area (Å²) < 4.78 is 2.43. The topological polar surface area (TPSA) is 42.5 Å². The molecule has 0 saturated carbocycles. The van der Waals surface area contributed by atoms with Crippen LogP contribution in [-0.4, -0.2) is 21.0 Å². The van der Waals surface area contributed by atoms with Crippen molar-refractivity contribution >= 4 is 11.4 Å². The first-order valence-corrected chi connectivity index (χ1v) is 27.9. The molecule has 0 bridgehead atoms. The molecule has 4 nitrogen and oxygen atoms in total. The quantitative estimate of drug-likeness (QED) is 0.113. The molecule has 0 saturated heterocycles. The fourth-order valence-electron chi connectivity index (χ4n) is 11.8. The molecule has 82 heavy (non-hydrogen) atoms. The SMILES string of the molecule is c1ccc(C2=NC(c3c(-c4ccccc4)cc(-c4ccccc4)cc3-c3ccccc3)(n3c(-c4c(-c5ccccc5)cc(-c5ccccc5)cc4-c4ccccc4)nc(-c4ccccc4)c3-c3ccccc3)N=C2c2ccccc2)cc1. The molecule has 4 heteroatoms. The van der Waals surface area contributed by atoms with Crippen molar-refractivity contribution in [3.8, 4) is 101 Å². The van der Waals surface area contributed by atoms with Gasteiger partial charge < -0.3 is 0 Å². The lowest BCUT2D eigenvalue weighted by Gasteiger charge is -2.34. The molecule has 0 spiro atoms. The molecule has 0 aliphatic carbocycles. The first kappa shape index (κ1) is 49.5. The zero-order valence-electron chi connectivity index (χ0n) is 45.0. The second kappa shape index (κ2) is 21.8. The van der Waals surface area contributed by atoms with Crippen molar-refractivity contribution in [2.24, 2.45) is 9.98 Å². The largest absolute Gasteiger partial charge is 0.275 e. The summed E-state index contributed by atoms with van der Waals surface area (Å²) in [4.78, 5) is 19.1. The van der Waals surface area contributed by atoms with Crippen LogP contribution >= 0.6 is 0 Å². The number of hydrogen-bond donors (Lipinski definition) is 0. The van der Waals surface area contributed by atoms with Gasteiger partial charge in [-0.3, -0.25) is 4.57 Å². The van der Waals surface area contributed by atoms with Crippen LogP contribution in [0, 0.1) is 0 Å². The van der Waals surface area contributed by atoms with E-state index in [1.54, 1.807) is 0 Å². The van der Waals surface area contributed by atoms with E-state index in [9.17, 15) is 0 Å². The molecule has 0 N–H and O–H groups in total. The Kier molecular flexibility index (Phi) is 13.1. The van der Waals surface area contributed by atoms with E-state index in [2.05, 4.69) is 332 Å². The zero-order chi connectivity index (χ0) is 54.7. The molecule has 13 aromatic rings. The average Bonchev–Trinajstić information content (AvgIpc) is 1.83. The summed E-state index contributed by atoms with van der Waals surface area (Å²) in [6, 6.07) is 117. The van der Waals surface area contributed by atoms with Crippen molar-refractivity contribution in [2.75, 3.05) is 0 Å². The number of aromatic nitrogens is 2. The minimum absolute atomic E-state index is 0.703. The Morgan fingerprint density at radius 2 is 0.512 bits per heavy atom. The van der Waals surface area contributed by atoms with Gasteiger partial charge in [0.2, 0.25) is 0 Å². The van der Waals surface area contributed by atoms with Crippen molar-refractivity contribution < 1.29 is 0 Å². The van der Waals surface area contributed by atoms with Gasteiger partial charge >= 0.3 is 0 Å². The lowest BCUT2D eigenvalue weighted by atomic mass is 9.84. The standard InChI is InChI=1S/C78H54N4/c1-11-31-55(32-12-1)65-51-67(57-35-15-3-16-36-57)71(68(52-65)58-37-17-4-18-38-58)77-79-75(63-47-27-9-28-48-63)76(64-49-29-10-30-50-64)82(77)78(80-73(61-43-23-7-24-44-61)74(81-78)62-45-25-8-26-46-62)72-69(59-39-19-5-20-40-59)53-66(56-33-13-2-14-34-56)54-70(72)60-41-21-6-22-42-60/h1-54H. The van der Waals surface area contributed by atoms with Gasteiger partial charge in [-0.1, -0.05) is 303 Å². The van der Waals surface area contributed by atoms with E-state index >= 15 is 0 Å². The maximum Gasteiger partial charge on any atom is 0.262 e. The van der Waals surface area contributed by atoms with Crippen LogP contribution in [0.25, 0.3) is 101 Å². The van der Waals surface area contributed by atoms with Crippen molar-refractivity contribution in [1.29, 1.82) is 0 Å². The van der Waals surface area contributed by atoms with Crippen LogP contribution in [-0.2, 0) is 5.79 Å². The van der Waals surface area contributed by atoms with Crippen LogP contribution in [0.3, 0.4) is 0 Å². The number of aliphatic imine (C=N–C) groups is 2. The van der Waals surface area contributed by atoms with E-state index in [1.807, 2.05) is 0 Å². The molecule has 0 radical (unpaired) electrons. The molecule has 386 valence electrons. The van der Waals surface area contributed by atoms with Crippen LogP contribution in [0.2, 0.25) is 0 Å². The van der Waals surface area contributed by atoms with Gasteiger partial charge in [0.05, 0.1) is 22.8 Å². The summed E-state index contributed by atoms with van der Waals surface area (Å²) in [5.74, 6) is -0.933. The predicted molar refractivity (Wildman–Crippen MR) is 341 cm³/mol. The molecule has 1 aromatic heterocycles. The second-order valence-corrected chi connectivity index (χ2v) is 20.6. The van der Waals surface area contributed by atoms with Crippen molar-refractivity contribution in [2.45, 2.75) is 5.79 Å². The van der Waals surface area contributed by atoms with E-state index in [1.165, 1.54) is 0 Å². The minimum Gasteiger partial charge on any atom is -0.275 e. The fourth-order valence-corrected chi connectivity index (χ4v) is 11.8. The van der Waals surface area contributed by atoms with E-state index in [0.717, 1.165) is 123 Å². The normalized spacial score (nSPS) is 12.6. The van der Waals surface area contributed by atoms with Gasteiger partial charge in [0.15, 0.2) is 0 Å². The van der Waals surface area contributed by atoms with Crippen LogP contribution in [0.5, 0.6) is 0 Å². The Bertz CT molecular complexity index is 4240. The summed E-state index contributed by atoms with van der Waals surface area (Å²) in [6.07, 6.45) is 0. The number of hydrogen-bond acceptors (Lipinski definition) is 3. The second-order valence-electron chi connectivity index (χ2n) is 20.6. The molecule has 14 rings (SSSR count). The first-order chi connectivity index (χ1) is 40.7. The van der Waals surface area contributed by atoms with Gasteiger partial charge in [-0.05, 0) is 91.0 Å². The maximum atomic E-state index is 6.45. The summed E-state index contributed by atoms with van der Waals surface area (Å²) in [5.41, 5.74) is 21.4. The zero-order valence-corrected chi connectivity index (χ0v) is 45.0. The predicted octanol–water partition coefficient (Wildman–Crippen LogP) is 19.5. The number of rotatable bonds is 13. The van der Waals surface area contributed by atoms with Crippen LogP contribution in [0.4, 0.5) is 0 Å². The number of nitrogens with zero attached hydrogens (tertiary/aromatic N) is 4. The number of benzene rings is 12. The lowest BCUT2D eigenvalue weighted by Crippen LogP contribution is -2.33. The van der Waals surface area contributed by atoms with Crippen molar-refractivity contribution in [3.05, 3.63) is 344 Å². The highest BCUT2D eigenvalue weighted by molar-refractivity contribution is 6.54. The Morgan fingerprint density at radius 3 is 0.854 bits per heavy atom. The Balaban J connectivity index is 1.26. The third kappa shape index (κ3) is 9.18. The Morgan fingerprint density at radius 1 is 0.244 bits per heavy atom. The molecular formula is C78H54N4. The molecule has 0 amide bonds. The number of imidazole rings is 1. The third-order valence-corrected chi connectivity index (χ3v) is 15.5. The van der Waals surface area contributed by atoms with Crippen molar-refractivity contribution in [1.82, 2.24) is 9.55 Å². The summed E-state index contributed by atoms with van der Waals surface area (Å²) in [6.45, 7) is 0.